The second-order valence-corrected chi connectivity index (χ2v) is 9.37. The molecule has 0 aromatic heterocycles. The van der Waals surface area contributed by atoms with E-state index in [0.717, 1.165) is 5.56 Å². The molecule has 0 unspecified atom stereocenters. The van der Waals surface area contributed by atoms with Gasteiger partial charge in [0, 0.05) is 38.2 Å². The van der Waals surface area contributed by atoms with Crippen LogP contribution in [0, 0.1) is 0 Å². The van der Waals surface area contributed by atoms with E-state index in [1.165, 1.54) is 23.4 Å². The first kappa shape index (κ1) is 22.0. The first-order valence-corrected chi connectivity index (χ1v) is 11.5. The van der Waals surface area contributed by atoms with Crippen LogP contribution in [0.2, 0.25) is 0 Å². The predicted molar refractivity (Wildman–Crippen MR) is 115 cm³/mol. The SMILES string of the molecule is CC(=O)Nc1ccc(S(=O)(=O)N2CCC(NC(=O)CCc3ccccc3)CC2)cc1. The third kappa shape index (κ3) is 5.90. The maximum Gasteiger partial charge on any atom is 0.243 e. The van der Waals surface area contributed by atoms with Gasteiger partial charge in [0.1, 0.15) is 0 Å². The molecule has 0 spiro atoms. The summed E-state index contributed by atoms with van der Waals surface area (Å²) >= 11 is 0. The van der Waals surface area contributed by atoms with E-state index in [1.54, 1.807) is 12.1 Å². The minimum absolute atomic E-state index is 0.00581. The zero-order valence-corrected chi connectivity index (χ0v) is 17.8. The second-order valence-electron chi connectivity index (χ2n) is 7.44. The summed E-state index contributed by atoms with van der Waals surface area (Å²) in [7, 11) is -3.60. The molecule has 160 valence electrons. The van der Waals surface area contributed by atoms with Crippen molar-refractivity contribution in [2.24, 2.45) is 0 Å². The molecule has 3 rings (SSSR count). The number of hydrogen-bond donors (Lipinski definition) is 2. The molecule has 0 saturated carbocycles. The number of rotatable bonds is 7. The Hall–Kier alpha value is -2.71. The number of carbonyl (C=O) groups excluding carboxylic acids is 2. The Balaban J connectivity index is 1.49. The fraction of sp³-hybridized carbons (Fsp3) is 0.364. The van der Waals surface area contributed by atoms with Crippen molar-refractivity contribution in [3.8, 4) is 0 Å². The van der Waals surface area contributed by atoms with Crippen LogP contribution in [-0.2, 0) is 26.0 Å². The summed E-state index contributed by atoms with van der Waals surface area (Å²) < 4.78 is 27.2. The third-order valence-corrected chi connectivity index (χ3v) is 7.03. The summed E-state index contributed by atoms with van der Waals surface area (Å²) in [6, 6.07) is 16.0. The molecule has 0 radical (unpaired) electrons. The highest BCUT2D eigenvalue weighted by molar-refractivity contribution is 7.89. The highest BCUT2D eigenvalue weighted by Crippen LogP contribution is 2.22. The van der Waals surface area contributed by atoms with E-state index in [2.05, 4.69) is 10.6 Å². The molecule has 1 aliphatic rings. The van der Waals surface area contributed by atoms with Crippen molar-refractivity contribution in [1.29, 1.82) is 0 Å². The number of nitrogens with zero attached hydrogens (tertiary/aromatic N) is 1. The Bertz CT molecular complexity index is 967. The van der Waals surface area contributed by atoms with Gasteiger partial charge in [-0.15, -0.1) is 0 Å². The predicted octanol–water partition coefficient (Wildman–Crippen LogP) is 2.55. The van der Waals surface area contributed by atoms with Crippen LogP contribution in [0.15, 0.2) is 59.5 Å². The lowest BCUT2D eigenvalue weighted by Crippen LogP contribution is -2.46. The van der Waals surface area contributed by atoms with Gasteiger partial charge < -0.3 is 10.6 Å². The minimum Gasteiger partial charge on any atom is -0.353 e. The van der Waals surface area contributed by atoms with E-state index >= 15 is 0 Å². The smallest absolute Gasteiger partial charge is 0.243 e. The van der Waals surface area contributed by atoms with Crippen LogP contribution in [0.3, 0.4) is 0 Å². The Labute approximate surface area is 177 Å². The number of piperidine rings is 1. The minimum atomic E-state index is -3.60. The Morgan fingerprint density at radius 3 is 2.23 bits per heavy atom. The summed E-state index contributed by atoms with van der Waals surface area (Å²) in [5.41, 5.74) is 1.68. The number of carbonyl (C=O) groups is 2. The van der Waals surface area contributed by atoms with Crippen molar-refractivity contribution in [3.63, 3.8) is 0 Å². The monoisotopic (exact) mass is 429 g/mol. The van der Waals surface area contributed by atoms with E-state index in [1.807, 2.05) is 30.3 Å². The molecular weight excluding hydrogens is 402 g/mol. The van der Waals surface area contributed by atoms with Gasteiger partial charge in [-0.2, -0.15) is 4.31 Å². The molecule has 2 amide bonds. The van der Waals surface area contributed by atoms with E-state index < -0.39 is 10.0 Å². The molecule has 30 heavy (non-hydrogen) atoms. The molecule has 1 heterocycles. The van der Waals surface area contributed by atoms with Crippen molar-refractivity contribution in [1.82, 2.24) is 9.62 Å². The molecule has 1 fully saturated rings. The quantitative estimate of drug-likeness (QED) is 0.707. The lowest BCUT2D eigenvalue weighted by Gasteiger charge is -2.31. The first-order valence-electron chi connectivity index (χ1n) is 10.1. The fourth-order valence-electron chi connectivity index (χ4n) is 3.51. The van der Waals surface area contributed by atoms with Crippen LogP contribution in [0.4, 0.5) is 5.69 Å². The van der Waals surface area contributed by atoms with Gasteiger partial charge in [-0.3, -0.25) is 9.59 Å². The third-order valence-electron chi connectivity index (χ3n) is 5.12. The van der Waals surface area contributed by atoms with Gasteiger partial charge in [0.15, 0.2) is 0 Å². The van der Waals surface area contributed by atoms with E-state index in [0.29, 0.717) is 44.5 Å². The van der Waals surface area contributed by atoms with Gasteiger partial charge in [-0.05, 0) is 49.1 Å². The standard InChI is InChI=1S/C22H27N3O4S/c1-17(26)23-19-8-10-21(11-9-19)30(28,29)25-15-13-20(14-16-25)24-22(27)12-7-18-5-3-2-4-6-18/h2-6,8-11,20H,7,12-16H2,1H3,(H,23,26)(H,24,27). The van der Waals surface area contributed by atoms with Crippen molar-refractivity contribution < 1.29 is 18.0 Å². The highest BCUT2D eigenvalue weighted by Gasteiger charge is 2.29. The Morgan fingerprint density at radius 1 is 1.00 bits per heavy atom. The molecule has 0 atom stereocenters. The fourth-order valence-corrected chi connectivity index (χ4v) is 4.98. The number of anilines is 1. The van der Waals surface area contributed by atoms with Crippen molar-refractivity contribution in [2.75, 3.05) is 18.4 Å². The molecule has 2 N–H and O–H groups in total. The van der Waals surface area contributed by atoms with Gasteiger partial charge in [-0.1, -0.05) is 30.3 Å². The molecular formula is C22H27N3O4S. The molecule has 0 bridgehead atoms. The van der Waals surface area contributed by atoms with Crippen LogP contribution in [0.25, 0.3) is 0 Å². The van der Waals surface area contributed by atoms with Crippen LogP contribution in [-0.4, -0.2) is 43.7 Å². The number of benzene rings is 2. The van der Waals surface area contributed by atoms with Crippen LogP contribution in [0.5, 0.6) is 0 Å². The molecule has 1 aliphatic heterocycles. The van der Waals surface area contributed by atoms with Gasteiger partial charge in [-0.25, -0.2) is 8.42 Å². The number of sulfonamides is 1. The molecule has 7 nitrogen and oxygen atoms in total. The zero-order chi connectivity index (χ0) is 21.6. The van der Waals surface area contributed by atoms with Crippen LogP contribution < -0.4 is 10.6 Å². The van der Waals surface area contributed by atoms with Gasteiger partial charge in [0.25, 0.3) is 0 Å². The number of amides is 2. The highest BCUT2D eigenvalue weighted by atomic mass is 32.2. The topological polar surface area (TPSA) is 95.6 Å². The first-order chi connectivity index (χ1) is 14.3. The summed E-state index contributed by atoms with van der Waals surface area (Å²) in [5, 5.41) is 5.65. The summed E-state index contributed by atoms with van der Waals surface area (Å²) in [6.45, 7) is 2.12. The largest absolute Gasteiger partial charge is 0.353 e. The lowest BCUT2D eigenvalue weighted by molar-refractivity contribution is -0.122. The Kier molecular flexibility index (Phi) is 7.23. The van der Waals surface area contributed by atoms with E-state index in [4.69, 9.17) is 0 Å². The van der Waals surface area contributed by atoms with Gasteiger partial charge in [0.05, 0.1) is 4.90 Å². The molecule has 0 aliphatic carbocycles. The molecule has 8 heteroatoms. The Morgan fingerprint density at radius 2 is 1.63 bits per heavy atom. The zero-order valence-electron chi connectivity index (χ0n) is 17.0. The van der Waals surface area contributed by atoms with E-state index in [9.17, 15) is 18.0 Å². The van der Waals surface area contributed by atoms with Crippen molar-refractivity contribution >= 4 is 27.5 Å². The van der Waals surface area contributed by atoms with Crippen LogP contribution >= 0.6 is 0 Å². The summed E-state index contributed by atoms with van der Waals surface area (Å²) in [4.78, 5) is 23.5. The van der Waals surface area contributed by atoms with E-state index in [-0.39, 0.29) is 22.8 Å². The van der Waals surface area contributed by atoms with Crippen molar-refractivity contribution in [2.45, 2.75) is 43.5 Å². The maximum absolute atomic E-state index is 12.9. The van der Waals surface area contributed by atoms with Crippen LogP contribution in [0.1, 0.15) is 31.7 Å². The average Bonchev–Trinajstić information content (AvgIpc) is 2.73. The molecule has 2 aromatic rings. The van der Waals surface area contributed by atoms with Gasteiger partial charge >= 0.3 is 0 Å². The second kappa shape index (κ2) is 9.86. The average molecular weight is 430 g/mol. The van der Waals surface area contributed by atoms with Crippen molar-refractivity contribution in [3.05, 3.63) is 60.2 Å². The summed E-state index contributed by atoms with van der Waals surface area (Å²) in [6.07, 6.45) is 2.28. The number of nitrogens with one attached hydrogen (secondary N) is 2. The molecule has 2 aromatic carbocycles. The summed E-state index contributed by atoms with van der Waals surface area (Å²) in [5.74, 6) is -0.216. The normalized spacial score (nSPS) is 15.5. The lowest BCUT2D eigenvalue weighted by atomic mass is 10.1. The number of aryl methyl sites for hydroxylation is 1. The van der Waals surface area contributed by atoms with Gasteiger partial charge in [0.2, 0.25) is 21.8 Å². The molecule has 1 saturated heterocycles. The maximum atomic E-state index is 12.9. The number of hydrogen-bond acceptors (Lipinski definition) is 4.